The Kier molecular flexibility index (Phi) is 5.91. The number of rotatable bonds is 8. The Morgan fingerprint density at radius 1 is 1.06 bits per heavy atom. The second-order valence-electron chi connectivity index (χ2n) is 9.26. The largest absolute Gasteiger partial charge is 0.493 e. The summed E-state index contributed by atoms with van der Waals surface area (Å²) >= 11 is 0. The molecule has 0 saturated carbocycles. The molecule has 0 aromatic heterocycles. The molecule has 3 N–H and O–H groups in total. The van der Waals surface area contributed by atoms with Crippen LogP contribution in [0, 0.1) is 11.8 Å². The van der Waals surface area contributed by atoms with Crippen LogP contribution in [0.3, 0.4) is 0 Å². The summed E-state index contributed by atoms with van der Waals surface area (Å²) in [4.78, 5) is 53.2. The van der Waals surface area contributed by atoms with Crippen molar-refractivity contribution >= 4 is 29.4 Å². The number of nitrogens with one attached hydrogen (secondary N) is 2. The lowest BCUT2D eigenvalue weighted by Crippen LogP contribution is -2.53. The fourth-order valence-corrected chi connectivity index (χ4v) is 5.84. The van der Waals surface area contributed by atoms with Gasteiger partial charge in [-0.1, -0.05) is 24.3 Å². The summed E-state index contributed by atoms with van der Waals surface area (Å²) in [5.41, 5.74) is 0.613. The molecule has 3 aliphatic heterocycles. The van der Waals surface area contributed by atoms with Crippen molar-refractivity contribution in [1.29, 1.82) is 0 Å². The Bertz CT molecular complexity index is 1260. The zero-order valence-electron chi connectivity index (χ0n) is 19.9. The summed E-state index contributed by atoms with van der Waals surface area (Å²) in [6, 6.07) is 11.8. The number of carbonyl (C=O) groups excluding carboxylic acids is 3. The standard InChI is InChI=1S/C26H27N3O7/c1-35-18-9-7-14(13-19(18)36-2)11-12-29-23(32)21-17(8-10-20(30)31)28-26(22(21)24(29)33)15-5-3-4-6-16(15)27-25(26)34/h3-7,9,13,17,21-22,28H,8,10-12H2,1-2H3,(H,27,34)(H,30,31)/t17-,21-,22+,26+/m1/s1. The van der Waals surface area contributed by atoms with Crippen LogP contribution in [0.4, 0.5) is 5.69 Å². The lowest BCUT2D eigenvalue weighted by molar-refractivity contribution is -0.143. The first-order valence-electron chi connectivity index (χ1n) is 11.8. The molecule has 5 rings (SSSR count). The molecule has 36 heavy (non-hydrogen) atoms. The maximum Gasteiger partial charge on any atom is 0.303 e. The highest BCUT2D eigenvalue weighted by Gasteiger charge is 2.70. The molecule has 4 atom stereocenters. The quantitative estimate of drug-likeness (QED) is 0.472. The van der Waals surface area contributed by atoms with Crippen LogP contribution in [-0.2, 0) is 31.1 Å². The summed E-state index contributed by atoms with van der Waals surface area (Å²) in [6.07, 6.45) is 0.323. The van der Waals surface area contributed by atoms with E-state index in [0.29, 0.717) is 29.2 Å². The summed E-state index contributed by atoms with van der Waals surface area (Å²) in [5, 5.41) is 15.3. The zero-order chi connectivity index (χ0) is 25.6. The van der Waals surface area contributed by atoms with Crippen molar-refractivity contribution in [3.8, 4) is 11.5 Å². The minimum Gasteiger partial charge on any atom is -0.493 e. The number of fused-ring (bicyclic) bond motifs is 4. The summed E-state index contributed by atoms with van der Waals surface area (Å²) in [5.74, 6) is -2.90. The molecule has 0 unspecified atom stereocenters. The van der Waals surface area contributed by atoms with E-state index in [1.54, 1.807) is 43.5 Å². The number of carboxylic acids is 1. The molecule has 10 nitrogen and oxygen atoms in total. The van der Waals surface area contributed by atoms with Crippen molar-refractivity contribution in [1.82, 2.24) is 10.2 Å². The molecule has 2 aromatic carbocycles. The van der Waals surface area contributed by atoms with E-state index >= 15 is 0 Å². The van der Waals surface area contributed by atoms with Crippen LogP contribution in [0.2, 0.25) is 0 Å². The van der Waals surface area contributed by atoms with Crippen molar-refractivity contribution in [2.75, 3.05) is 26.1 Å². The third-order valence-corrected chi connectivity index (χ3v) is 7.45. The monoisotopic (exact) mass is 493 g/mol. The van der Waals surface area contributed by atoms with E-state index in [0.717, 1.165) is 5.56 Å². The third kappa shape index (κ3) is 3.51. The van der Waals surface area contributed by atoms with E-state index in [9.17, 15) is 24.3 Å². The number of imide groups is 1. The summed E-state index contributed by atoms with van der Waals surface area (Å²) in [7, 11) is 3.07. The molecule has 2 aromatic rings. The van der Waals surface area contributed by atoms with Gasteiger partial charge >= 0.3 is 5.97 Å². The highest BCUT2D eigenvalue weighted by Crippen LogP contribution is 2.53. The SMILES string of the molecule is COc1ccc(CCN2C(=O)[C@H]3[C@@H](C2=O)[C@]2(N[C@@H]3CCC(=O)O)C(=O)Nc3ccccc32)cc1OC. The number of carboxylic acid groups (broad SMARTS) is 1. The number of likely N-dealkylation sites (tertiary alicyclic amines) is 1. The Hall–Kier alpha value is -3.92. The Morgan fingerprint density at radius 3 is 2.53 bits per heavy atom. The van der Waals surface area contributed by atoms with Crippen LogP contribution < -0.4 is 20.1 Å². The van der Waals surface area contributed by atoms with Gasteiger partial charge in [-0.3, -0.25) is 29.4 Å². The molecule has 3 amide bonds. The second-order valence-corrected chi connectivity index (χ2v) is 9.26. The van der Waals surface area contributed by atoms with Gasteiger partial charge in [0, 0.05) is 30.3 Å². The van der Waals surface area contributed by atoms with Crippen LogP contribution >= 0.6 is 0 Å². The van der Waals surface area contributed by atoms with E-state index in [4.69, 9.17) is 9.47 Å². The van der Waals surface area contributed by atoms with Gasteiger partial charge in [0.15, 0.2) is 11.5 Å². The van der Waals surface area contributed by atoms with Gasteiger partial charge in [-0.15, -0.1) is 0 Å². The van der Waals surface area contributed by atoms with Crippen molar-refractivity contribution in [3.63, 3.8) is 0 Å². The first-order chi connectivity index (χ1) is 17.3. The molecule has 0 bridgehead atoms. The number of para-hydroxylation sites is 1. The molecule has 2 saturated heterocycles. The minimum atomic E-state index is -1.42. The van der Waals surface area contributed by atoms with E-state index in [1.165, 1.54) is 12.0 Å². The summed E-state index contributed by atoms with van der Waals surface area (Å²) in [6.45, 7) is 0.130. The first-order valence-corrected chi connectivity index (χ1v) is 11.8. The van der Waals surface area contributed by atoms with E-state index in [1.807, 2.05) is 6.07 Å². The van der Waals surface area contributed by atoms with Crippen LogP contribution in [0.1, 0.15) is 24.0 Å². The smallest absolute Gasteiger partial charge is 0.303 e. The molecule has 0 radical (unpaired) electrons. The average Bonchev–Trinajstić information content (AvgIpc) is 3.45. The predicted molar refractivity (Wildman–Crippen MR) is 127 cm³/mol. The number of hydrogen-bond acceptors (Lipinski definition) is 7. The Labute approximate surface area is 207 Å². The van der Waals surface area contributed by atoms with Crippen molar-refractivity contribution in [3.05, 3.63) is 53.6 Å². The molecule has 0 aliphatic carbocycles. The molecule has 188 valence electrons. The van der Waals surface area contributed by atoms with Gasteiger partial charge in [0.05, 0.1) is 26.1 Å². The fraction of sp³-hybridized carbons (Fsp3) is 0.385. The number of benzene rings is 2. The van der Waals surface area contributed by atoms with Gasteiger partial charge in [0.2, 0.25) is 17.7 Å². The predicted octanol–water partition coefficient (Wildman–Crippen LogP) is 1.53. The molecule has 1 spiro atoms. The molecular formula is C26H27N3O7. The number of amides is 3. The number of methoxy groups -OCH3 is 2. The van der Waals surface area contributed by atoms with Crippen LogP contribution in [0.25, 0.3) is 0 Å². The van der Waals surface area contributed by atoms with Gasteiger partial charge in [0.1, 0.15) is 5.54 Å². The average molecular weight is 494 g/mol. The van der Waals surface area contributed by atoms with Gasteiger partial charge in [-0.2, -0.15) is 0 Å². The number of hydrogen-bond donors (Lipinski definition) is 3. The first kappa shape index (κ1) is 23.8. The lowest BCUT2D eigenvalue weighted by atomic mass is 9.76. The second kappa shape index (κ2) is 8.94. The number of anilines is 1. The fourth-order valence-electron chi connectivity index (χ4n) is 5.84. The Balaban J connectivity index is 1.46. The maximum absolute atomic E-state index is 13.8. The number of aliphatic carboxylic acids is 1. The van der Waals surface area contributed by atoms with Gasteiger partial charge in [0.25, 0.3) is 0 Å². The van der Waals surface area contributed by atoms with Gasteiger partial charge in [-0.05, 0) is 36.6 Å². The van der Waals surface area contributed by atoms with Gasteiger partial charge < -0.3 is 19.9 Å². The Morgan fingerprint density at radius 2 is 1.81 bits per heavy atom. The molecule has 3 heterocycles. The summed E-state index contributed by atoms with van der Waals surface area (Å²) < 4.78 is 10.6. The maximum atomic E-state index is 13.8. The molecule has 10 heteroatoms. The van der Waals surface area contributed by atoms with E-state index in [-0.39, 0.29) is 25.3 Å². The topological polar surface area (TPSA) is 134 Å². The van der Waals surface area contributed by atoms with E-state index in [2.05, 4.69) is 10.6 Å². The number of carbonyl (C=O) groups is 4. The highest BCUT2D eigenvalue weighted by molar-refractivity contribution is 6.15. The number of nitrogens with zero attached hydrogens (tertiary/aromatic N) is 1. The van der Waals surface area contributed by atoms with Crippen LogP contribution in [-0.4, -0.2) is 60.5 Å². The lowest BCUT2D eigenvalue weighted by Gasteiger charge is -2.29. The van der Waals surface area contributed by atoms with Crippen LogP contribution in [0.5, 0.6) is 11.5 Å². The highest BCUT2D eigenvalue weighted by atomic mass is 16.5. The number of ether oxygens (including phenoxy) is 2. The van der Waals surface area contributed by atoms with Crippen molar-refractivity contribution < 1.29 is 33.8 Å². The normalized spacial score (nSPS) is 26.2. The van der Waals surface area contributed by atoms with Crippen molar-refractivity contribution in [2.45, 2.75) is 30.8 Å². The third-order valence-electron chi connectivity index (χ3n) is 7.45. The minimum absolute atomic E-state index is 0.121. The van der Waals surface area contributed by atoms with Gasteiger partial charge in [-0.25, -0.2) is 0 Å². The van der Waals surface area contributed by atoms with Crippen LogP contribution in [0.15, 0.2) is 42.5 Å². The molecular weight excluding hydrogens is 466 g/mol. The zero-order valence-corrected chi connectivity index (χ0v) is 19.9. The van der Waals surface area contributed by atoms with E-state index < -0.39 is 41.2 Å². The molecule has 3 aliphatic rings. The molecule has 2 fully saturated rings. The van der Waals surface area contributed by atoms with Crippen molar-refractivity contribution in [2.24, 2.45) is 11.8 Å².